The molecule has 1 heterocycles. The second-order valence-corrected chi connectivity index (χ2v) is 8.28. The molecule has 0 spiro atoms. The fourth-order valence-electron chi connectivity index (χ4n) is 4.56. The summed E-state index contributed by atoms with van der Waals surface area (Å²) in [5.74, 6) is 1.93. The Hall–Kier alpha value is -2.53. The summed E-state index contributed by atoms with van der Waals surface area (Å²) < 4.78 is 11.1. The first-order valence-electron chi connectivity index (χ1n) is 10.5. The van der Waals surface area contributed by atoms with Crippen LogP contribution in [0.3, 0.4) is 0 Å². The predicted octanol–water partition coefficient (Wildman–Crippen LogP) is 2.30. The zero-order chi connectivity index (χ0) is 20.4. The standard InChI is InChI=1S/C24H30N2O3/c1-16(25-24(27)18-9-10-18)23-20-14-22(29-3)21(28-2)13-19(20)11-12-26(23)15-17-7-5-4-6-8-17/h4-8,13-14,16,18,23H,9-12,15H2,1-3H3,(H,25,27)/p+1/t16-,23+/m1/s1. The Morgan fingerprint density at radius 2 is 1.83 bits per heavy atom. The minimum atomic E-state index is 0.0407. The van der Waals surface area contributed by atoms with E-state index in [-0.39, 0.29) is 23.9 Å². The van der Waals surface area contributed by atoms with Crippen molar-refractivity contribution in [1.29, 1.82) is 0 Å². The average molecular weight is 396 g/mol. The molecule has 0 saturated heterocycles. The molecule has 1 unspecified atom stereocenters. The van der Waals surface area contributed by atoms with E-state index in [0.717, 1.165) is 43.9 Å². The highest BCUT2D eigenvalue weighted by molar-refractivity contribution is 5.81. The first-order chi connectivity index (χ1) is 14.1. The number of quaternary nitrogens is 1. The lowest BCUT2D eigenvalue weighted by Crippen LogP contribution is -3.13. The van der Waals surface area contributed by atoms with Crippen molar-refractivity contribution in [3.8, 4) is 11.5 Å². The number of hydrogen-bond acceptors (Lipinski definition) is 3. The maximum Gasteiger partial charge on any atom is 0.223 e. The molecule has 5 heteroatoms. The molecule has 3 atom stereocenters. The molecule has 154 valence electrons. The summed E-state index contributed by atoms with van der Waals surface area (Å²) in [4.78, 5) is 14.0. The van der Waals surface area contributed by atoms with Crippen LogP contribution in [0.4, 0.5) is 0 Å². The molecule has 1 aliphatic heterocycles. The van der Waals surface area contributed by atoms with Gasteiger partial charge in [-0.1, -0.05) is 30.3 Å². The van der Waals surface area contributed by atoms with E-state index in [1.165, 1.54) is 21.6 Å². The summed E-state index contributed by atoms with van der Waals surface area (Å²) in [6.45, 7) is 4.09. The van der Waals surface area contributed by atoms with Crippen LogP contribution in [0, 0.1) is 5.92 Å². The third kappa shape index (κ3) is 4.25. The van der Waals surface area contributed by atoms with E-state index in [1.54, 1.807) is 14.2 Å². The SMILES string of the molecule is COc1cc2c(cc1OC)[C@H]([C@@H](C)NC(=O)C1CC1)[NH+](Cc1ccccc1)CC2. The number of carbonyl (C=O) groups excluding carboxylic acids is 1. The van der Waals surface area contributed by atoms with Crippen LogP contribution >= 0.6 is 0 Å². The fraction of sp³-hybridized carbons (Fsp3) is 0.458. The maximum atomic E-state index is 12.5. The topological polar surface area (TPSA) is 52.0 Å². The number of hydrogen-bond donors (Lipinski definition) is 2. The van der Waals surface area contributed by atoms with Crippen molar-refractivity contribution in [1.82, 2.24) is 5.32 Å². The zero-order valence-corrected chi connectivity index (χ0v) is 17.5. The smallest absolute Gasteiger partial charge is 0.223 e. The molecular weight excluding hydrogens is 364 g/mol. The Balaban J connectivity index is 1.67. The second-order valence-electron chi connectivity index (χ2n) is 8.28. The quantitative estimate of drug-likeness (QED) is 0.756. The van der Waals surface area contributed by atoms with Gasteiger partial charge in [0.2, 0.25) is 5.91 Å². The van der Waals surface area contributed by atoms with Gasteiger partial charge >= 0.3 is 0 Å². The van der Waals surface area contributed by atoms with Gasteiger partial charge in [0.1, 0.15) is 12.6 Å². The van der Waals surface area contributed by atoms with Crippen LogP contribution in [0.15, 0.2) is 42.5 Å². The van der Waals surface area contributed by atoms with E-state index < -0.39 is 0 Å². The van der Waals surface area contributed by atoms with Gasteiger partial charge in [-0.05, 0) is 37.5 Å². The van der Waals surface area contributed by atoms with Crippen LogP contribution in [0.2, 0.25) is 0 Å². The van der Waals surface area contributed by atoms with E-state index in [9.17, 15) is 4.79 Å². The van der Waals surface area contributed by atoms with Crippen LogP contribution in [0.1, 0.15) is 42.5 Å². The van der Waals surface area contributed by atoms with Gasteiger partial charge in [-0.3, -0.25) is 4.79 Å². The Morgan fingerprint density at radius 1 is 1.14 bits per heavy atom. The number of methoxy groups -OCH3 is 2. The fourth-order valence-corrected chi connectivity index (χ4v) is 4.56. The Kier molecular flexibility index (Phi) is 5.76. The van der Waals surface area contributed by atoms with Crippen LogP contribution < -0.4 is 19.7 Å². The first kappa shape index (κ1) is 19.8. The highest BCUT2D eigenvalue weighted by Crippen LogP contribution is 2.35. The van der Waals surface area contributed by atoms with Crippen LogP contribution in [-0.4, -0.2) is 32.7 Å². The molecule has 2 aromatic carbocycles. The molecule has 2 aromatic rings. The largest absolute Gasteiger partial charge is 0.493 e. The lowest BCUT2D eigenvalue weighted by molar-refractivity contribution is -0.948. The van der Waals surface area contributed by atoms with E-state index in [4.69, 9.17) is 9.47 Å². The van der Waals surface area contributed by atoms with E-state index in [1.807, 2.05) is 0 Å². The molecule has 4 rings (SSSR count). The van der Waals surface area contributed by atoms with Gasteiger partial charge in [0.25, 0.3) is 0 Å². The van der Waals surface area contributed by atoms with Gasteiger partial charge in [-0.15, -0.1) is 0 Å². The molecule has 1 saturated carbocycles. The number of benzene rings is 2. The van der Waals surface area contributed by atoms with Crippen LogP contribution in [0.5, 0.6) is 11.5 Å². The number of amides is 1. The Labute approximate surface area is 173 Å². The van der Waals surface area contributed by atoms with Gasteiger partial charge < -0.3 is 19.7 Å². The normalized spacial score (nSPS) is 21.8. The third-order valence-electron chi connectivity index (χ3n) is 6.23. The third-order valence-corrected chi connectivity index (χ3v) is 6.23. The van der Waals surface area contributed by atoms with E-state index in [2.05, 4.69) is 54.7 Å². The molecule has 1 fully saturated rings. The molecule has 0 aromatic heterocycles. The maximum absolute atomic E-state index is 12.5. The predicted molar refractivity (Wildman–Crippen MR) is 112 cm³/mol. The summed E-state index contributed by atoms with van der Waals surface area (Å²) in [5.41, 5.74) is 3.86. The summed E-state index contributed by atoms with van der Waals surface area (Å²) >= 11 is 0. The van der Waals surface area contributed by atoms with Gasteiger partial charge in [0, 0.05) is 23.5 Å². The first-order valence-corrected chi connectivity index (χ1v) is 10.5. The van der Waals surface area contributed by atoms with Crippen molar-refractivity contribution in [2.24, 2.45) is 5.92 Å². The molecule has 2 aliphatic rings. The molecule has 0 bridgehead atoms. The molecule has 1 aliphatic carbocycles. The lowest BCUT2D eigenvalue weighted by atomic mass is 9.87. The summed E-state index contributed by atoms with van der Waals surface area (Å²) in [6, 6.07) is 15.0. The minimum absolute atomic E-state index is 0.0407. The monoisotopic (exact) mass is 395 g/mol. The van der Waals surface area contributed by atoms with E-state index in [0.29, 0.717) is 0 Å². The molecule has 29 heavy (non-hydrogen) atoms. The van der Waals surface area contributed by atoms with E-state index >= 15 is 0 Å². The van der Waals surface area contributed by atoms with Gasteiger partial charge in [0.05, 0.1) is 26.8 Å². The van der Waals surface area contributed by atoms with Crippen molar-refractivity contribution in [3.63, 3.8) is 0 Å². The minimum Gasteiger partial charge on any atom is -0.493 e. The Bertz CT molecular complexity index is 864. The van der Waals surface area contributed by atoms with Crippen molar-refractivity contribution in [3.05, 3.63) is 59.2 Å². The highest BCUT2D eigenvalue weighted by atomic mass is 16.5. The van der Waals surface area contributed by atoms with Gasteiger partial charge in [-0.25, -0.2) is 0 Å². The summed E-state index contributed by atoms with van der Waals surface area (Å²) in [6.07, 6.45) is 3.02. The highest BCUT2D eigenvalue weighted by Gasteiger charge is 2.39. The van der Waals surface area contributed by atoms with Crippen molar-refractivity contribution >= 4 is 5.91 Å². The van der Waals surface area contributed by atoms with Crippen molar-refractivity contribution in [2.75, 3.05) is 20.8 Å². The number of ether oxygens (including phenoxy) is 2. The number of rotatable bonds is 7. The molecular formula is C24H31N2O3+. The lowest BCUT2D eigenvalue weighted by Gasteiger charge is -2.38. The number of carbonyl (C=O) groups is 1. The van der Waals surface area contributed by atoms with Crippen molar-refractivity contribution in [2.45, 2.75) is 44.8 Å². The Morgan fingerprint density at radius 3 is 2.48 bits per heavy atom. The molecule has 5 nitrogen and oxygen atoms in total. The molecule has 0 radical (unpaired) electrons. The average Bonchev–Trinajstić information content (AvgIpc) is 3.58. The van der Waals surface area contributed by atoms with Gasteiger partial charge in [0.15, 0.2) is 11.5 Å². The molecule has 2 N–H and O–H groups in total. The molecule has 1 amide bonds. The second kappa shape index (κ2) is 8.46. The summed E-state index contributed by atoms with van der Waals surface area (Å²) in [5, 5.41) is 3.30. The van der Waals surface area contributed by atoms with Crippen molar-refractivity contribution < 1.29 is 19.2 Å². The zero-order valence-electron chi connectivity index (χ0n) is 17.5. The summed E-state index contributed by atoms with van der Waals surface area (Å²) in [7, 11) is 3.35. The number of fused-ring (bicyclic) bond motifs is 1. The number of nitrogens with one attached hydrogen (secondary N) is 2. The van der Waals surface area contributed by atoms with Gasteiger partial charge in [-0.2, -0.15) is 0 Å². The van der Waals surface area contributed by atoms with Crippen LogP contribution in [0.25, 0.3) is 0 Å². The van der Waals surface area contributed by atoms with Crippen LogP contribution in [-0.2, 0) is 17.8 Å².